The molecule has 0 saturated carbocycles. The normalized spacial score (nSPS) is 15.3. The van der Waals surface area contributed by atoms with Crippen molar-refractivity contribution in [1.29, 1.82) is 0 Å². The van der Waals surface area contributed by atoms with Crippen molar-refractivity contribution in [2.24, 2.45) is 0 Å². The molecule has 0 amide bonds. The number of nitrogens with one attached hydrogen (secondary N) is 1. The van der Waals surface area contributed by atoms with Crippen LogP contribution in [0.5, 0.6) is 0 Å². The maximum atomic E-state index is 11.6. The maximum absolute atomic E-state index is 11.6. The van der Waals surface area contributed by atoms with Crippen LogP contribution in [0.15, 0.2) is 0 Å². The van der Waals surface area contributed by atoms with E-state index in [-0.39, 0.29) is 6.54 Å². The molecule has 0 rings (SSSR count). The Bertz CT molecular complexity index is 90.1. The van der Waals surface area contributed by atoms with Gasteiger partial charge in [-0.25, -0.2) is 4.39 Å². The van der Waals surface area contributed by atoms with Crippen LogP contribution in [0.3, 0.4) is 0 Å². The van der Waals surface area contributed by atoms with E-state index in [0.717, 1.165) is 6.92 Å². The van der Waals surface area contributed by atoms with E-state index in [9.17, 15) is 17.6 Å². The van der Waals surface area contributed by atoms with Crippen molar-refractivity contribution in [1.82, 2.24) is 5.32 Å². The van der Waals surface area contributed by atoms with E-state index in [1.54, 1.807) is 0 Å². The average molecular weight is 159 g/mol. The van der Waals surface area contributed by atoms with Crippen LogP contribution < -0.4 is 5.32 Å². The van der Waals surface area contributed by atoms with Gasteiger partial charge < -0.3 is 5.32 Å². The Kier molecular flexibility index (Phi) is 3.63. The third-order valence-electron chi connectivity index (χ3n) is 1.04. The SMILES string of the molecule is CC(NCCF)C(F)(F)F. The van der Waals surface area contributed by atoms with Gasteiger partial charge in [-0.15, -0.1) is 0 Å². The first-order chi connectivity index (χ1) is 4.48. The standard InChI is InChI=1S/C5H9F4N/c1-4(5(7,8)9)10-3-2-6/h4,10H,2-3H2,1H3. The molecule has 0 heterocycles. The van der Waals surface area contributed by atoms with Gasteiger partial charge >= 0.3 is 6.18 Å². The van der Waals surface area contributed by atoms with Crippen molar-refractivity contribution in [3.63, 3.8) is 0 Å². The van der Waals surface area contributed by atoms with Crippen molar-refractivity contribution in [2.75, 3.05) is 13.2 Å². The summed E-state index contributed by atoms with van der Waals surface area (Å²) in [5.74, 6) is 0. The Balaban J connectivity index is 3.52. The lowest BCUT2D eigenvalue weighted by Gasteiger charge is -2.15. The van der Waals surface area contributed by atoms with Gasteiger partial charge in [-0.1, -0.05) is 0 Å². The first kappa shape index (κ1) is 9.68. The third-order valence-corrected chi connectivity index (χ3v) is 1.04. The van der Waals surface area contributed by atoms with Crippen molar-refractivity contribution in [3.8, 4) is 0 Å². The summed E-state index contributed by atoms with van der Waals surface area (Å²) in [7, 11) is 0. The Morgan fingerprint density at radius 3 is 2.20 bits per heavy atom. The lowest BCUT2D eigenvalue weighted by atomic mass is 10.3. The molecule has 0 radical (unpaired) electrons. The molecule has 1 atom stereocenters. The predicted molar refractivity (Wildman–Crippen MR) is 29.5 cm³/mol. The van der Waals surface area contributed by atoms with Gasteiger partial charge in [-0.2, -0.15) is 13.2 Å². The van der Waals surface area contributed by atoms with E-state index in [1.807, 2.05) is 5.32 Å². The van der Waals surface area contributed by atoms with E-state index in [0.29, 0.717) is 0 Å². The molecule has 1 N–H and O–H groups in total. The molecule has 0 aromatic heterocycles. The molecule has 1 nitrogen and oxygen atoms in total. The lowest BCUT2D eigenvalue weighted by molar-refractivity contribution is -0.151. The van der Waals surface area contributed by atoms with Gasteiger partial charge in [0.2, 0.25) is 0 Å². The molecular weight excluding hydrogens is 150 g/mol. The molecule has 5 heteroatoms. The first-order valence-corrected chi connectivity index (χ1v) is 2.84. The van der Waals surface area contributed by atoms with Crippen molar-refractivity contribution < 1.29 is 17.6 Å². The molecule has 0 aliphatic carbocycles. The summed E-state index contributed by atoms with van der Waals surface area (Å²) in [5.41, 5.74) is 0. The van der Waals surface area contributed by atoms with Gasteiger partial charge in [-0.05, 0) is 6.92 Å². The van der Waals surface area contributed by atoms with Crippen molar-refractivity contribution in [3.05, 3.63) is 0 Å². The predicted octanol–water partition coefficient (Wildman–Crippen LogP) is 1.50. The van der Waals surface area contributed by atoms with Crippen LogP contribution in [0.1, 0.15) is 6.92 Å². The zero-order valence-corrected chi connectivity index (χ0v) is 5.50. The van der Waals surface area contributed by atoms with Crippen LogP contribution in [-0.2, 0) is 0 Å². The molecule has 1 unspecified atom stereocenters. The van der Waals surface area contributed by atoms with E-state index >= 15 is 0 Å². The van der Waals surface area contributed by atoms with Crippen molar-refractivity contribution >= 4 is 0 Å². The molecule has 0 aliphatic heterocycles. The van der Waals surface area contributed by atoms with E-state index in [4.69, 9.17) is 0 Å². The minimum atomic E-state index is -4.27. The number of alkyl halides is 4. The second-order valence-corrected chi connectivity index (χ2v) is 1.91. The highest BCUT2D eigenvalue weighted by Gasteiger charge is 2.35. The first-order valence-electron chi connectivity index (χ1n) is 2.84. The highest BCUT2D eigenvalue weighted by molar-refractivity contribution is 4.68. The second-order valence-electron chi connectivity index (χ2n) is 1.91. The number of rotatable bonds is 3. The van der Waals surface area contributed by atoms with Crippen LogP contribution in [0.4, 0.5) is 17.6 Å². The molecule has 10 heavy (non-hydrogen) atoms. The minimum absolute atomic E-state index is 0.249. The highest BCUT2D eigenvalue weighted by Crippen LogP contribution is 2.18. The van der Waals surface area contributed by atoms with Gasteiger partial charge in [0.25, 0.3) is 0 Å². The largest absolute Gasteiger partial charge is 0.403 e. The van der Waals surface area contributed by atoms with Crippen molar-refractivity contribution in [2.45, 2.75) is 19.1 Å². The third kappa shape index (κ3) is 3.66. The Hall–Kier alpha value is -0.320. The van der Waals surface area contributed by atoms with Crippen LogP contribution in [0.2, 0.25) is 0 Å². The maximum Gasteiger partial charge on any atom is 0.403 e. The summed E-state index contributed by atoms with van der Waals surface area (Å²) in [4.78, 5) is 0. The summed E-state index contributed by atoms with van der Waals surface area (Å²) in [5, 5.41) is 1.97. The van der Waals surface area contributed by atoms with Crippen LogP contribution in [0, 0.1) is 0 Å². The zero-order valence-electron chi connectivity index (χ0n) is 5.50. The molecule has 0 spiro atoms. The Labute approximate surface area is 56.4 Å². The fourth-order valence-corrected chi connectivity index (χ4v) is 0.387. The molecule has 0 aromatic carbocycles. The summed E-state index contributed by atoms with van der Waals surface area (Å²) in [6.45, 7) is -0.0727. The minimum Gasteiger partial charge on any atom is -0.304 e. The summed E-state index contributed by atoms with van der Waals surface area (Å²) >= 11 is 0. The molecule has 0 fully saturated rings. The monoisotopic (exact) mass is 159 g/mol. The van der Waals surface area contributed by atoms with Crippen LogP contribution >= 0.6 is 0 Å². The molecular formula is C5H9F4N. The smallest absolute Gasteiger partial charge is 0.304 e. The highest BCUT2D eigenvalue weighted by atomic mass is 19.4. The van der Waals surface area contributed by atoms with Gasteiger partial charge in [0.15, 0.2) is 0 Å². The molecule has 0 aromatic rings. The van der Waals surface area contributed by atoms with Crippen LogP contribution in [-0.4, -0.2) is 25.4 Å². The van der Waals surface area contributed by atoms with Gasteiger partial charge in [0.1, 0.15) is 12.7 Å². The summed E-state index contributed by atoms with van der Waals surface area (Å²) in [6.07, 6.45) is -4.27. The van der Waals surface area contributed by atoms with Crippen LogP contribution in [0.25, 0.3) is 0 Å². The van der Waals surface area contributed by atoms with Gasteiger partial charge in [0, 0.05) is 6.54 Å². The fourth-order valence-electron chi connectivity index (χ4n) is 0.387. The number of hydrogen-bond donors (Lipinski definition) is 1. The average Bonchev–Trinajstić information content (AvgIpc) is 1.80. The van der Waals surface area contributed by atoms with E-state index < -0.39 is 18.9 Å². The molecule has 62 valence electrons. The Morgan fingerprint density at radius 1 is 1.40 bits per heavy atom. The van der Waals surface area contributed by atoms with E-state index in [1.165, 1.54) is 0 Å². The fraction of sp³-hybridized carbons (Fsp3) is 1.00. The molecule has 0 bridgehead atoms. The Morgan fingerprint density at radius 2 is 1.90 bits per heavy atom. The van der Waals surface area contributed by atoms with Gasteiger partial charge in [-0.3, -0.25) is 0 Å². The lowest BCUT2D eigenvalue weighted by Crippen LogP contribution is -2.40. The van der Waals surface area contributed by atoms with E-state index in [2.05, 4.69) is 0 Å². The second kappa shape index (κ2) is 3.75. The summed E-state index contributed by atoms with van der Waals surface area (Å²) < 4.78 is 46.1. The molecule has 0 aliphatic rings. The molecule has 0 saturated heterocycles. The quantitative estimate of drug-likeness (QED) is 0.615. The number of halogens is 4. The van der Waals surface area contributed by atoms with Gasteiger partial charge in [0.05, 0.1) is 0 Å². The topological polar surface area (TPSA) is 12.0 Å². The zero-order chi connectivity index (χ0) is 8.20. The summed E-state index contributed by atoms with van der Waals surface area (Å²) in [6, 6.07) is -1.62. The number of hydrogen-bond acceptors (Lipinski definition) is 1.